The van der Waals surface area contributed by atoms with Crippen molar-refractivity contribution in [2.24, 2.45) is 0 Å². The summed E-state index contributed by atoms with van der Waals surface area (Å²) in [6.45, 7) is 0.220. The molecular formula is C13H11F2N3O. The highest BCUT2D eigenvalue weighted by Crippen LogP contribution is 2.16. The quantitative estimate of drug-likeness (QED) is 0.831. The standard InChI is InChI=1S/C13H11F2N3O/c14-10-6-11(15)12(16)5-9(10)13(19)18-7-8-1-3-17-4-2-8/h1-6H,7,16H2,(H,18,19). The second-order valence-electron chi connectivity index (χ2n) is 3.89. The summed E-state index contributed by atoms with van der Waals surface area (Å²) in [5.41, 5.74) is 5.57. The van der Waals surface area contributed by atoms with Crippen molar-refractivity contribution in [1.29, 1.82) is 0 Å². The van der Waals surface area contributed by atoms with Crippen LogP contribution in [0.15, 0.2) is 36.7 Å². The Morgan fingerprint density at radius 1 is 1.21 bits per heavy atom. The minimum absolute atomic E-state index is 0.220. The fourth-order valence-corrected chi connectivity index (χ4v) is 1.52. The molecule has 2 aromatic rings. The number of hydrogen-bond donors (Lipinski definition) is 2. The summed E-state index contributed by atoms with van der Waals surface area (Å²) in [6, 6.07) is 5.01. The maximum Gasteiger partial charge on any atom is 0.254 e. The summed E-state index contributed by atoms with van der Waals surface area (Å²) < 4.78 is 26.4. The van der Waals surface area contributed by atoms with Crippen LogP contribution in [0.1, 0.15) is 15.9 Å². The van der Waals surface area contributed by atoms with E-state index in [1.807, 2.05) is 0 Å². The van der Waals surface area contributed by atoms with Crippen molar-refractivity contribution in [1.82, 2.24) is 10.3 Å². The molecular weight excluding hydrogens is 252 g/mol. The summed E-state index contributed by atoms with van der Waals surface area (Å²) >= 11 is 0. The number of nitrogens with one attached hydrogen (secondary N) is 1. The van der Waals surface area contributed by atoms with E-state index in [1.165, 1.54) is 0 Å². The van der Waals surface area contributed by atoms with Crippen LogP contribution in [-0.4, -0.2) is 10.9 Å². The maximum atomic E-state index is 13.4. The van der Waals surface area contributed by atoms with Gasteiger partial charge in [0.25, 0.3) is 5.91 Å². The lowest BCUT2D eigenvalue weighted by Gasteiger charge is -2.07. The van der Waals surface area contributed by atoms with Gasteiger partial charge in [-0.3, -0.25) is 9.78 Å². The first-order valence-corrected chi connectivity index (χ1v) is 5.49. The third kappa shape index (κ3) is 3.04. The van der Waals surface area contributed by atoms with E-state index in [0.29, 0.717) is 6.07 Å². The first kappa shape index (κ1) is 12.9. The van der Waals surface area contributed by atoms with Gasteiger partial charge in [0.2, 0.25) is 0 Å². The summed E-state index contributed by atoms with van der Waals surface area (Å²) in [7, 11) is 0. The Bertz CT molecular complexity index is 602. The molecule has 3 N–H and O–H groups in total. The lowest BCUT2D eigenvalue weighted by molar-refractivity contribution is 0.0947. The zero-order valence-corrected chi connectivity index (χ0v) is 9.86. The van der Waals surface area contributed by atoms with Crippen molar-refractivity contribution in [2.45, 2.75) is 6.54 Å². The van der Waals surface area contributed by atoms with Crippen molar-refractivity contribution in [2.75, 3.05) is 5.73 Å². The molecule has 4 nitrogen and oxygen atoms in total. The van der Waals surface area contributed by atoms with Gasteiger partial charge in [-0.05, 0) is 23.8 Å². The molecule has 98 valence electrons. The number of nitrogens with zero attached hydrogens (tertiary/aromatic N) is 1. The largest absolute Gasteiger partial charge is 0.396 e. The van der Waals surface area contributed by atoms with Crippen molar-refractivity contribution < 1.29 is 13.6 Å². The molecule has 1 heterocycles. The van der Waals surface area contributed by atoms with E-state index >= 15 is 0 Å². The predicted octanol–water partition coefficient (Wildman–Crippen LogP) is 1.87. The number of anilines is 1. The van der Waals surface area contributed by atoms with E-state index in [4.69, 9.17) is 5.73 Å². The Kier molecular flexibility index (Phi) is 3.70. The molecule has 0 unspecified atom stereocenters. The number of amides is 1. The average Bonchev–Trinajstić information content (AvgIpc) is 2.41. The normalized spacial score (nSPS) is 10.2. The molecule has 6 heteroatoms. The van der Waals surface area contributed by atoms with Crippen LogP contribution >= 0.6 is 0 Å². The van der Waals surface area contributed by atoms with Crippen LogP contribution in [-0.2, 0) is 6.54 Å². The van der Waals surface area contributed by atoms with E-state index in [1.54, 1.807) is 24.5 Å². The number of carbonyl (C=O) groups excluding carboxylic acids is 1. The highest BCUT2D eigenvalue weighted by atomic mass is 19.1. The molecule has 0 aliphatic carbocycles. The number of pyridine rings is 1. The van der Waals surface area contributed by atoms with Crippen LogP contribution in [0.5, 0.6) is 0 Å². The van der Waals surface area contributed by atoms with Crippen molar-refractivity contribution in [3.63, 3.8) is 0 Å². The Morgan fingerprint density at radius 2 is 1.89 bits per heavy atom. The van der Waals surface area contributed by atoms with Crippen LogP contribution in [0.2, 0.25) is 0 Å². The predicted molar refractivity (Wildman–Crippen MR) is 66.2 cm³/mol. The Labute approximate surface area is 108 Å². The number of nitrogens with two attached hydrogens (primary N) is 1. The molecule has 1 aromatic heterocycles. The smallest absolute Gasteiger partial charge is 0.254 e. The number of aromatic nitrogens is 1. The van der Waals surface area contributed by atoms with Gasteiger partial charge >= 0.3 is 0 Å². The minimum atomic E-state index is -0.945. The number of rotatable bonds is 3. The fourth-order valence-electron chi connectivity index (χ4n) is 1.52. The van der Waals surface area contributed by atoms with Crippen molar-refractivity contribution in [3.05, 3.63) is 59.4 Å². The van der Waals surface area contributed by atoms with Gasteiger partial charge in [0.15, 0.2) is 0 Å². The van der Waals surface area contributed by atoms with Crippen LogP contribution in [0.4, 0.5) is 14.5 Å². The number of carbonyl (C=O) groups is 1. The summed E-state index contributed by atoms with van der Waals surface area (Å²) in [5, 5.41) is 2.52. The molecule has 0 aliphatic heterocycles. The number of halogens is 2. The molecule has 0 saturated carbocycles. The molecule has 0 saturated heterocycles. The molecule has 1 amide bonds. The van der Waals surface area contributed by atoms with Gasteiger partial charge in [-0.1, -0.05) is 0 Å². The van der Waals surface area contributed by atoms with E-state index in [2.05, 4.69) is 10.3 Å². The van der Waals surface area contributed by atoms with Gasteiger partial charge in [0, 0.05) is 25.0 Å². The van der Waals surface area contributed by atoms with Gasteiger partial charge in [-0.15, -0.1) is 0 Å². The monoisotopic (exact) mass is 263 g/mol. The number of nitrogen functional groups attached to an aromatic ring is 1. The Hall–Kier alpha value is -2.50. The highest BCUT2D eigenvalue weighted by Gasteiger charge is 2.14. The molecule has 0 bridgehead atoms. The molecule has 1 aromatic carbocycles. The first-order chi connectivity index (χ1) is 9.08. The fraction of sp³-hybridized carbons (Fsp3) is 0.0769. The summed E-state index contributed by atoms with van der Waals surface area (Å²) in [6.07, 6.45) is 3.16. The van der Waals surface area contributed by atoms with E-state index in [9.17, 15) is 13.6 Å². The van der Waals surface area contributed by atoms with Crippen LogP contribution < -0.4 is 11.1 Å². The second-order valence-corrected chi connectivity index (χ2v) is 3.89. The average molecular weight is 263 g/mol. The van der Waals surface area contributed by atoms with Gasteiger partial charge in [0.05, 0.1) is 11.3 Å². The van der Waals surface area contributed by atoms with Crippen LogP contribution in [0.3, 0.4) is 0 Å². The van der Waals surface area contributed by atoms with Gasteiger partial charge in [-0.2, -0.15) is 0 Å². The third-order valence-electron chi connectivity index (χ3n) is 2.53. The molecule has 19 heavy (non-hydrogen) atoms. The molecule has 0 spiro atoms. The van der Waals surface area contributed by atoms with Crippen LogP contribution in [0, 0.1) is 11.6 Å². The second kappa shape index (κ2) is 5.43. The topological polar surface area (TPSA) is 68.0 Å². The minimum Gasteiger partial charge on any atom is -0.396 e. The molecule has 0 radical (unpaired) electrons. The molecule has 0 atom stereocenters. The van der Waals surface area contributed by atoms with Gasteiger partial charge < -0.3 is 11.1 Å². The summed E-state index contributed by atoms with van der Waals surface area (Å²) in [5.74, 6) is -2.48. The van der Waals surface area contributed by atoms with Gasteiger partial charge in [0.1, 0.15) is 11.6 Å². The molecule has 2 rings (SSSR count). The van der Waals surface area contributed by atoms with Gasteiger partial charge in [-0.25, -0.2) is 8.78 Å². The first-order valence-electron chi connectivity index (χ1n) is 5.49. The van der Waals surface area contributed by atoms with Crippen molar-refractivity contribution >= 4 is 11.6 Å². The third-order valence-corrected chi connectivity index (χ3v) is 2.53. The zero-order valence-electron chi connectivity index (χ0n) is 9.86. The lowest BCUT2D eigenvalue weighted by atomic mass is 10.1. The van der Waals surface area contributed by atoms with Crippen molar-refractivity contribution in [3.8, 4) is 0 Å². The number of hydrogen-bond acceptors (Lipinski definition) is 3. The SMILES string of the molecule is Nc1cc(C(=O)NCc2ccncc2)c(F)cc1F. The molecule has 0 aliphatic rings. The molecule has 0 fully saturated rings. The van der Waals surface area contributed by atoms with Crippen LogP contribution in [0.25, 0.3) is 0 Å². The lowest BCUT2D eigenvalue weighted by Crippen LogP contribution is -2.24. The van der Waals surface area contributed by atoms with E-state index in [-0.39, 0.29) is 17.8 Å². The van der Waals surface area contributed by atoms with E-state index in [0.717, 1.165) is 11.6 Å². The number of benzene rings is 1. The summed E-state index contributed by atoms with van der Waals surface area (Å²) in [4.78, 5) is 15.6. The Balaban J connectivity index is 2.10. The van der Waals surface area contributed by atoms with E-state index < -0.39 is 17.5 Å². The maximum absolute atomic E-state index is 13.4. The Morgan fingerprint density at radius 3 is 2.58 bits per heavy atom. The zero-order chi connectivity index (χ0) is 13.8. The highest BCUT2D eigenvalue weighted by molar-refractivity contribution is 5.95.